The molecule has 0 aliphatic carbocycles. The lowest BCUT2D eigenvalue weighted by molar-refractivity contribution is 1.52. The molecule has 0 aromatic heterocycles. The van der Waals surface area contributed by atoms with Crippen molar-refractivity contribution in [3.8, 4) is 6.07 Å². The van der Waals surface area contributed by atoms with E-state index in [-0.39, 0.29) is 0 Å². The molecule has 0 atom stereocenters. The molecule has 0 aliphatic heterocycles. The van der Waals surface area contributed by atoms with Crippen LogP contribution in [0.25, 0.3) is 6.08 Å². The molecule has 0 aliphatic rings. The number of hydrogen-bond acceptors (Lipinski definition) is 1. The predicted octanol–water partition coefficient (Wildman–Crippen LogP) is 5.26. The van der Waals surface area contributed by atoms with Crippen molar-refractivity contribution >= 4 is 17.7 Å². The van der Waals surface area contributed by atoms with Crippen molar-refractivity contribution in [1.82, 2.24) is 0 Å². The highest BCUT2D eigenvalue weighted by Gasteiger charge is 1.86. The monoisotopic (exact) mass is 269 g/mol. The first-order valence-electron chi connectivity index (χ1n) is 5.61. The number of hydrogen-bond donors (Lipinski definition) is 0. The van der Waals surface area contributed by atoms with Crippen LogP contribution in [0, 0.1) is 11.3 Å². The summed E-state index contributed by atoms with van der Waals surface area (Å²) in [7, 11) is 0. The topological polar surface area (TPSA) is 23.8 Å². The molecule has 0 fully saturated rings. The van der Waals surface area contributed by atoms with E-state index in [4.69, 9.17) is 16.9 Å². The van der Waals surface area contributed by atoms with Crippen LogP contribution in [0.4, 0.5) is 0 Å². The van der Waals surface area contributed by atoms with Crippen molar-refractivity contribution in [3.05, 3.63) is 90.5 Å². The third-order valence-electron chi connectivity index (χ3n) is 1.92. The molecule has 1 aromatic carbocycles. The van der Waals surface area contributed by atoms with E-state index in [1.165, 1.54) is 11.6 Å². The zero-order chi connectivity index (χ0) is 14.3. The van der Waals surface area contributed by atoms with Gasteiger partial charge in [-0.25, -0.2) is 0 Å². The molecule has 19 heavy (non-hydrogen) atoms. The lowest BCUT2D eigenvalue weighted by Crippen LogP contribution is -1.72. The number of allylic oxidation sites excluding steroid dienone is 6. The quantitative estimate of drug-likeness (QED) is 0.540. The second kappa shape index (κ2) is 12.2. The summed E-state index contributed by atoms with van der Waals surface area (Å²) in [6.07, 6.45) is 10.7. The van der Waals surface area contributed by atoms with Crippen LogP contribution in [0.2, 0.25) is 0 Å². The third-order valence-corrected chi connectivity index (χ3v) is 1.92. The smallest absolute Gasteiger partial charge is 0.0918 e. The first kappa shape index (κ1) is 16.7. The van der Waals surface area contributed by atoms with Gasteiger partial charge in [0.15, 0.2) is 0 Å². The van der Waals surface area contributed by atoms with Gasteiger partial charge >= 0.3 is 0 Å². The Labute approximate surface area is 120 Å². The second-order valence-corrected chi connectivity index (χ2v) is 3.58. The normalized spacial score (nSPS) is 10.6. The van der Waals surface area contributed by atoms with Gasteiger partial charge in [-0.2, -0.15) is 5.26 Å². The minimum absolute atomic E-state index is 0.853. The molecule has 1 nitrogen and oxygen atoms in total. The summed E-state index contributed by atoms with van der Waals surface area (Å²) >= 11 is 4.76. The van der Waals surface area contributed by atoms with Gasteiger partial charge in [0.25, 0.3) is 0 Å². The summed E-state index contributed by atoms with van der Waals surface area (Å²) in [6, 6.07) is 12.0. The van der Waals surface area contributed by atoms with E-state index in [1.807, 2.05) is 54.6 Å². The highest BCUT2D eigenvalue weighted by molar-refractivity contribution is 6.25. The maximum Gasteiger partial charge on any atom is 0.0918 e. The van der Waals surface area contributed by atoms with Gasteiger partial charge in [-0.15, -0.1) is 0 Å². The fourth-order valence-corrected chi connectivity index (χ4v) is 1.16. The van der Waals surface area contributed by atoms with E-state index in [0.717, 1.165) is 11.1 Å². The fourth-order valence-electron chi connectivity index (χ4n) is 1.16. The lowest BCUT2D eigenvalue weighted by atomic mass is 10.1. The number of halogens is 1. The largest absolute Gasteiger partial charge is 0.193 e. The maximum atomic E-state index is 8.61. The van der Waals surface area contributed by atoms with E-state index in [0.29, 0.717) is 0 Å². The molecule has 1 aromatic rings. The molecule has 0 radical (unpaired) electrons. The number of benzene rings is 1. The third kappa shape index (κ3) is 9.41. The zero-order valence-electron chi connectivity index (χ0n) is 10.7. The summed E-state index contributed by atoms with van der Waals surface area (Å²) in [5.41, 5.74) is 3.18. The molecular weight excluding hydrogens is 254 g/mol. The van der Waals surface area contributed by atoms with Crippen LogP contribution in [0.5, 0.6) is 0 Å². The predicted molar refractivity (Wildman–Crippen MR) is 84.6 cm³/mol. The Bertz CT molecular complexity index is 502. The molecule has 0 heterocycles. The highest BCUT2D eigenvalue weighted by atomic mass is 35.5. The number of rotatable bonds is 4. The molecular formula is C17H16ClN. The van der Waals surface area contributed by atoms with Crippen LogP contribution in [-0.2, 0) is 0 Å². The molecule has 0 amide bonds. The summed E-state index contributed by atoms with van der Waals surface area (Å²) < 4.78 is 0. The van der Waals surface area contributed by atoms with Crippen molar-refractivity contribution in [3.63, 3.8) is 0 Å². The molecule has 0 bridgehead atoms. The van der Waals surface area contributed by atoms with Gasteiger partial charge in [-0.3, -0.25) is 0 Å². The van der Waals surface area contributed by atoms with Gasteiger partial charge in [0, 0.05) is 6.08 Å². The molecule has 0 N–H and O–H groups in total. The Balaban J connectivity index is 0.000000982. The van der Waals surface area contributed by atoms with Crippen molar-refractivity contribution in [2.24, 2.45) is 0 Å². The van der Waals surface area contributed by atoms with Crippen molar-refractivity contribution in [2.45, 2.75) is 0 Å². The lowest BCUT2D eigenvalue weighted by Gasteiger charge is -1.92. The van der Waals surface area contributed by atoms with Gasteiger partial charge in [0.2, 0.25) is 0 Å². The zero-order valence-corrected chi connectivity index (χ0v) is 11.4. The van der Waals surface area contributed by atoms with E-state index >= 15 is 0 Å². The van der Waals surface area contributed by atoms with Crippen molar-refractivity contribution in [2.75, 3.05) is 0 Å². The van der Waals surface area contributed by atoms with Crippen LogP contribution < -0.4 is 0 Å². The highest BCUT2D eigenvalue weighted by Crippen LogP contribution is 2.06. The summed E-state index contributed by atoms with van der Waals surface area (Å²) in [4.78, 5) is 0. The molecule has 2 heteroatoms. The molecule has 96 valence electrons. The van der Waals surface area contributed by atoms with Crippen molar-refractivity contribution < 1.29 is 0 Å². The standard InChI is InChI=1S/C15H13N.C2H3Cl/c1-2-3-7-15(12-13-16)11-10-14-8-5-4-6-9-14;1-2-3/h2-12H,1H2;2H,1H2. The minimum atomic E-state index is 0.853. The van der Waals surface area contributed by atoms with Gasteiger partial charge in [0.05, 0.1) is 6.07 Å². The Kier molecular flexibility index (Phi) is 10.7. The Morgan fingerprint density at radius 1 is 1.16 bits per heavy atom. The van der Waals surface area contributed by atoms with Gasteiger partial charge < -0.3 is 0 Å². The average molecular weight is 270 g/mol. The Morgan fingerprint density at radius 3 is 2.32 bits per heavy atom. The number of nitriles is 1. The van der Waals surface area contributed by atoms with Crippen LogP contribution in [0.3, 0.4) is 0 Å². The first-order valence-corrected chi connectivity index (χ1v) is 6.05. The Morgan fingerprint density at radius 2 is 1.79 bits per heavy atom. The maximum absolute atomic E-state index is 8.61. The second-order valence-electron chi connectivity index (χ2n) is 3.27. The van der Waals surface area contributed by atoms with E-state index in [9.17, 15) is 0 Å². The average Bonchev–Trinajstić information content (AvgIpc) is 2.44. The molecule has 0 saturated carbocycles. The molecule has 0 spiro atoms. The fraction of sp³-hybridized carbons (Fsp3) is 0. The van der Waals surface area contributed by atoms with Crippen LogP contribution in [0.1, 0.15) is 5.56 Å². The van der Waals surface area contributed by atoms with E-state index in [1.54, 1.807) is 12.2 Å². The summed E-state index contributed by atoms with van der Waals surface area (Å²) in [5.74, 6) is 0. The molecule has 0 saturated heterocycles. The van der Waals surface area contributed by atoms with Crippen LogP contribution >= 0.6 is 11.6 Å². The minimum Gasteiger partial charge on any atom is -0.193 e. The SMILES string of the molecule is C=CC=CC(C=Cc1ccccc1)=CC#N.C=CCl. The van der Waals surface area contributed by atoms with E-state index in [2.05, 4.69) is 13.2 Å². The summed E-state index contributed by atoms with van der Waals surface area (Å²) in [5, 5.41) is 8.61. The van der Waals surface area contributed by atoms with Crippen molar-refractivity contribution in [1.29, 1.82) is 5.26 Å². The van der Waals surface area contributed by atoms with Gasteiger partial charge in [-0.1, -0.05) is 85.5 Å². The summed E-state index contributed by atoms with van der Waals surface area (Å²) in [6.45, 7) is 6.72. The molecule has 0 unspecified atom stereocenters. The van der Waals surface area contributed by atoms with Crippen LogP contribution in [0.15, 0.2) is 85.0 Å². The van der Waals surface area contributed by atoms with Crippen LogP contribution in [-0.4, -0.2) is 0 Å². The first-order chi connectivity index (χ1) is 9.28. The van der Waals surface area contributed by atoms with E-state index < -0.39 is 0 Å². The van der Waals surface area contributed by atoms with Gasteiger partial charge in [-0.05, 0) is 16.7 Å². The van der Waals surface area contributed by atoms with Gasteiger partial charge in [0.1, 0.15) is 0 Å². The number of nitrogens with zero attached hydrogens (tertiary/aromatic N) is 1. The Hall–Kier alpha value is -2.30. The molecule has 1 rings (SSSR count).